The van der Waals surface area contributed by atoms with Crippen LogP contribution in [0.5, 0.6) is 0 Å². The maximum Gasteiger partial charge on any atom is 0.326 e. The molecular weight excluding hydrogens is 320 g/mol. The summed E-state index contributed by atoms with van der Waals surface area (Å²) in [6, 6.07) is 4.84. The number of anilines is 1. The minimum absolute atomic E-state index is 0.0178. The van der Waals surface area contributed by atoms with Crippen LogP contribution in [-0.4, -0.2) is 37.2 Å². The molecule has 0 aliphatic carbocycles. The van der Waals surface area contributed by atoms with Crippen LogP contribution in [0.25, 0.3) is 0 Å². The molecule has 0 aromatic heterocycles. The summed E-state index contributed by atoms with van der Waals surface area (Å²) in [5, 5.41) is 11.5. The number of amides is 1. The monoisotopic (exact) mass is 342 g/mol. The average Bonchev–Trinajstić information content (AvgIpc) is 2.44. The highest BCUT2D eigenvalue weighted by Crippen LogP contribution is 2.13. The number of rotatable bonds is 8. The molecule has 0 radical (unpaired) electrons. The molecule has 0 saturated heterocycles. The fourth-order valence-corrected chi connectivity index (χ4v) is 3.06. The standard InChI is InChI=1S/C15H22N2O5S/c1-4-9-23(21,22)17-12-7-5-11(6-8-12)14(18)16-13(10(2)3)15(19)20/h5-8,10,13,17H,4,9H2,1-3H3,(H,16,18)(H,19,20)/t13-/m0/s1. The normalized spacial score (nSPS) is 12.7. The zero-order chi connectivity index (χ0) is 17.6. The number of sulfonamides is 1. The number of nitrogens with one attached hydrogen (secondary N) is 2. The maximum atomic E-state index is 12.0. The van der Waals surface area contributed by atoms with Gasteiger partial charge in [-0.05, 0) is 36.6 Å². The molecule has 1 aromatic carbocycles. The molecule has 0 fully saturated rings. The van der Waals surface area contributed by atoms with Gasteiger partial charge in [0.25, 0.3) is 5.91 Å². The van der Waals surface area contributed by atoms with Gasteiger partial charge in [-0.2, -0.15) is 0 Å². The summed E-state index contributed by atoms with van der Waals surface area (Å²) < 4.78 is 25.7. The van der Waals surface area contributed by atoms with Crippen LogP contribution in [0.15, 0.2) is 24.3 Å². The first-order chi connectivity index (χ1) is 10.7. The molecule has 23 heavy (non-hydrogen) atoms. The van der Waals surface area contributed by atoms with Crippen molar-refractivity contribution in [2.24, 2.45) is 5.92 Å². The second-order valence-corrected chi connectivity index (χ2v) is 7.37. The molecule has 128 valence electrons. The van der Waals surface area contributed by atoms with Crippen molar-refractivity contribution in [2.75, 3.05) is 10.5 Å². The first-order valence-corrected chi connectivity index (χ1v) is 8.95. The van der Waals surface area contributed by atoms with Crippen molar-refractivity contribution in [2.45, 2.75) is 33.2 Å². The van der Waals surface area contributed by atoms with E-state index in [-0.39, 0.29) is 17.2 Å². The van der Waals surface area contributed by atoms with Crippen molar-refractivity contribution in [3.05, 3.63) is 29.8 Å². The second kappa shape index (κ2) is 7.96. The third-order valence-electron chi connectivity index (χ3n) is 3.11. The summed E-state index contributed by atoms with van der Waals surface area (Å²) in [5.74, 6) is -1.85. The van der Waals surface area contributed by atoms with Gasteiger partial charge < -0.3 is 10.4 Å². The second-order valence-electron chi connectivity index (χ2n) is 5.53. The van der Waals surface area contributed by atoms with Gasteiger partial charge in [-0.1, -0.05) is 20.8 Å². The molecule has 1 aromatic rings. The molecule has 1 amide bonds. The summed E-state index contributed by atoms with van der Waals surface area (Å²) >= 11 is 0. The molecule has 0 spiro atoms. The summed E-state index contributed by atoms with van der Waals surface area (Å²) in [5.41, 5.74) is 0.615. The highest BCUT2D eigenvalue weighted by molar-refractivity contribution is 7.92. The quantitative estimate of drug-likeness (QED) is 0.665. The van der Waals surface area contributed by atoms with Gasteiger partial charge in [0, 0.05) is 11.3 Å². The number of hydrogen-bond donors (Lipinski definition) is 3. The summed E-state index contributed by atoms with van der Waals surface area (Å²) in [6.45, 7) is 5.16. The molecule has 0 bridgehead atoms. The Kier molecular flexibility index (Phi) is 6.56. The smallest absolute Gasteiger partial charge is 0.326 e. The van der Waals surface area contributed by atoms with Crippen molar-refractivity contribution in [3.8, 4) is 0 Å². The summed E-state index contributed by atoms with van der Waals surface area (Å²) in [6.07, 6.45) is 0.502. The van der Waals surface area contributed by atoms with Crippen molar-refractivity contribution in [1.29, 1.82) is 0 Å². The van der Waals surface area contributed by atoms with Crippen LogP contribution in [-0.2, 0) is 14.8 Å². The van der Waals surface area contributed by atoms with E-state index in [0.29, 0.717) is 12.1 Å². The number of aliphatic carboxylic acids is 1. The topological polar surface area (TPSA) is 113 Å². The zero-order valence-corrected chi connectivity index (χ0v) is 14.2. The van der Waals surface area contributed by atoms with Gasteiger partial charge in [0.05, 0.1) is 5.75 Å². The molecular formula is C15H22N2O5S. The van der Waals surface area contributed by atoms with Crippen LogP contribution >= 0.6 is 0 Å². The lowest BCUT2D eigenvalue weighted by Gasteiger charge is -2.18. The number of carbonyl (C=O) groups excluding carboxylic acids is 1. The Morgan fingerprint density at radius 3 is 2.17 bits per heavy atom. The van der Waals surface area contributed by atoms with Crippen LogP contribution in [0.4, 0.5) is 5.69 Å². The van der Waals surface area contributed by atoms with Gasteiger partial charge in [-0.3, -0.25) is 9.52 Å². The fourth-order valence-electron chi connectivity index (χ4n) is 1.93. The number of hydrogen-bond acceptors (Lipinski definition) is 4. The molecule has 0 saturated carbocycles. The van der Waals surface area contributed by atoms with Crippen molar-refractivity contribution >= 4 is 27.6 Å². The Morgan fingerprint density at radius 2 is 1.74 bits per heavy atom. The lowest BCUT2D eigenvalue weighted by Crippen LogP contribution is -2.44. The number of carbonyl (C=O) groups is 2. The van der Waals surface area contributed by atoms with Gasteiger partial charge in [0.2, 0.25) is 10.0 Å². The van der Waals surface area contributed by atoms with Gasteiger partial charge in [-0.25, -0.2) is 13.2 Å². The van der Waals surface area contributed by atoms with Crippen molar-refractivity contribution < 1.29 is 23.1 Å². The van der Waals surface area contributed by atoms with E-state index in [1.807, 2.05) is 0 Å². The van der Waals surface area contributed by atoms with Crippen LogP contribution in [0, 0.1) is 5.92 Å². The maximum absolute atomic E-state index is 12.0. The van der Waals surface area contributed by atoms with Gasteiger partial charge in [0.15, 0.2) is 0 Å². The largest absolute Gasteiger partial charge is 0.480 e. The van der Waals surface area contributed by atoms with E-state index >= 15 is 0 Å². The summed E-state index contributed by atoms with van der Waals surface area (Å²) in [7, 11) is -3.39. The molecule has 1 rings (SSSR count). The van der Waals surface area contributed by atoms with Gasteiger partial charge in [0.1, 0.15) is 6.04 Å². The number of carboxylic acids is 1. The third kappa shape index (κ3) is 5.90. The average molecular weight is 342 g/mol. The molecule has 0 unspecified atom stereocenters. The van der Waals surface area contributed by atoms with E-state index in [9.17, 15) is 18.0 Å². The van der Waals surface area contributed by atoms with Gasteiger partial charge >= 0.3 is 5.97 Å². The van der Waals surface area contributed by atoms with Crippen molar-refractivity contribution in [1.82, 2.24) is 5.32 Å². The minimum atomic E-state index is -3.39. The minimum Gasteiger partial charge on any atom is -0.480 e. The zero-order valence-electron chi connectivity index (χ0n) is 13.4. The van der Waals surface area contributed by atoms with E-state index in [1.54, 1.807) is 20.8 Å². The molecule has 0 aliphatic rings. The third-order valence-corrected chi connectivity index (χ3v) is 4.61. The van der Waals surface area contributed by atoms with E-state index in [0.717, 1.165) is 0 Å². The molecule has 1 atom stereocenters. The molecule has 3 N–H and O–H groups in total. The SMILES string of the molecule is CCCS(=O)(=O)Nc1ccc(C(=O)N[C@H](C(=O)O)C(C)C)cc1. The van der Waals surface area contributed by atoms with E-state index in [4.69, 9.17) is 5.11 Å². The van der Waals surface area contributed by atoms with E-state index < -0.39 is 27.9 Å². The van der Waals surface area contributed by atoms with E-state index in [1.165, 1.54) is 24.3 Å². The van der Waals surface area contributed by atoms with E-state index in [2.05, 4.69) is 10.0 Å². The van der Waals surface area contributed by atoms with Crippen LogP contribution in [0.2, 0.25) is 0 Å². The molecule has 0 aliphatic heterocycles. The Balaban J connectivity index is 2.80. The molecule has 7 nitrogen and oxygen atoms in total. The Labute approximate surface area is 136 Å². The Morgan fingerprint density at radius 1 is 1.17 bits per heavy atom. The van der Waals surface area contributed by atoms with Crippen LogP contribution < -0.4 is 10.0 Å². The predicted octanol–water partition coefficient (Wildman–Crippen LogP) is 1.68. The number of benzene rings is 1. The number of carboxylic acid groups (broad SMARTS) is 1. The molecule has 8 heteroatoms. The lowest BCUT2D eigenvalue weighted by atomic mass is 10.0. The first kappa shape index (κ1) is 19.0. The van der Waals surface area contributed by atoms with Gasteiger partial charge in [-0.15, -0.1) is 0 Å². The molecule has 0 heterocycles. The lowest BCUT2D eigenvalue weighted by molar-refractivity contribution is -0.140. The predicted molar refractivity (Wildman–Crippen MR) is 87.9 cm³/mol. The van der Waals surface area contributed by atoms with Crippen LogP contribution in [0.1, 0.15) is 37.6 Å². The fraction of sp³-hybridized carbons (Fsp3) is 0.467. The first-order valence-electron chi connectivity index (χ1n) is 7.30. The van der Waals surface area contributed by atoms with Crippen molar-refractivity contribution in [3.63, 3.8) is 0 Å². The Hall–Kier alpha value is -2.09. The highest BCUT2D eigenvalue weighted by atomic mass is 32.2. The highest BCUT2D eigenvalue weighted by Gasteiger charge is 2.23. The van der Waals surface area contributed by atoms with Crippen LogP contribution in [0.3, 0.4) is 0 Å². The summed E-state index contributed by atoms with van der Waals surface area (Å²) in [4.78, 5) is 23.1. The Bertz CT molecular complexity index is 653.